The fraction of sp³-hybridized carbons (Fsp3) is 0.490. The zero-order chi connectivity index (χ0) is 39.7. The maximum atomic E-state index is 11.5. The maximum Gasteiger partial charge on any atom is 3.00 e. The summed E-state index contributed by atoms with van der Waals surface area (Å²) in [4.78, 5) is 4.85. The maximum absolute atomic E-state index is 11.5. The molecule has 1 radical (unpaired) electrons. The van der Waals surface area contributed by atoms with Crippen molar-refractivity contribution in [3.8, 4) is 11.4 Å². The van der Waals surface area contributed by atoms with Gasteiger partial charge in [0.25, 0.3) is 0 Å². The first-order chi connectivity index (χ1) is 25.7. The summed E-state index contributed by atoms with van der Waals surface area (Å²) in [6, 6.07) is 19.6. The van der Waals surface area contributed by atoms with Crippen molar-refractivity contribution in [2.45, 2.75) is 158 Å². The van der Waals surface area contributed by atoms with Gasteiger partial charge < -0.3 is 34.7 Å². The van der Waals surface area contributed by atoms with Gasteiger partial charge in [-0.05, 0) is 107 Å². The van der Waals surface area contributed by atoms with Gasteiger partial charge in [0.2, 0.25) is 0 Å². The van der Waals surface area contributed by atoms with E-state index in [1.54, 1.807) is 0 Å². The Bertz CT molecular complexity index is 1790. The van der Waals surface area contributed by atoms with Gasteiger partial charge in [-0.3, -0.25) is 4.99 Å². The predicted molar refractivity (Wildman–Crippen MR) is 248 cm³/mol. The Balaban J connectivity index is 0.000000554. The standard InChI is InChI=1S/C27H36N3.C22H33N2.2CH3.Zr/c1-17(2)21-11-9-12-22(18(3)4)25(21)29-15-16-30(27(29)28)26-23(19(5)6)13-10-14-24(26)20(7)8;1-6-7-15-23-20-13-8-9-14-21(20)24-22-18(16(2)3)11-10-12-19(22)17(4)5;;;/h9-20H,1-8H3;10-12,14,16-17H,6-9,13,15H2,1-5H3;2*1H3;/q4*-1;+3. The number of hydrogen-bond donors (Lipinski definition) is 0. The summed E-state index contributed by atoms with van der Waals surface area (Å²) < 4.78 is 3.93. The largest absolute Gasteiger partial charge is 3.00 e. The molecule has 0 unspecified atom stereocenters. The second-order valence-corrected chi connectivity index (χ2v) is 16.9. The van der Waals surface area contributed by atoms with Gasteiger partial charge in [0.1, 0.15) is 0 Å². The topological polar surface area (TPSA) is 58.6 Å². The second kappa shape index (κ2) is 24.0. The third-order valence-corrected chi connectivity index (χ3v) is 10.6. The molecular formula is C51H75N5Zr-. The summed E-state index contributed by atoms with van der Waals surface area (Å²) in [6.07, 6.45) is 12.0. The van der Waals surface area contributed by atoms with Crippen molar-refractivity contribution >= 4 is 11.4 Å². The summed E-state index contributed by atoms with van der Waals surface area (Å²) in [7, 11) is 0. The molecule has 1 aliphatic carbocycles. The molecule has 0 fully saturated rings. The zero-order valence-electron chi connectivity index (χ0n) is 38.4. The van der Waals surface area contributed by atoms with Crippen LogP contribution >= 0.6 is 0 Å². The van der Waals surface area contributed by atoms with E-state index in [-0.39, 0.29) is 46.7 Å². The molecule has 5 nitrogen and oxygen atoms in total. The second-order valence-electron chi connectivity index (χ2n) is 16.9. The van der Waals surface area contributed by atoms with Gasteiger partial charge in [-0.2, -0.15) is 0 Å². The summed E-state index contributed by atoms with van der Waals surface area (Å²) in [6.45, 7) is 29.9. The van der Waals surface area contributed by atoms with Crippen LogP contribution in [0.4, 0.5) is 5.69 Å². The van der Waals surface area contributed by atoms with E-state index < -0.39 is 0 Å². The van der Waals surface area contributed by atoms with Crippen molar-refractivity contribution in [2.75, 3.05) is 6.54 Å². The first kappa shape index (κ1) is 51.8. The molecular weight excluding hydrogens is 774 g/mol. The summed E-state index contributed by atoms with van der Waals surface area (Å²) >= 11 is 0. The normalized spacial score (nSPS) is 13.4. The van der Waals surface area contributed by atoms with E-state index in [0.717, 1.165) is 42.9 Å². The van der Waals surface area contributed by atoms with E-state index in [9.17, 15) is 5.41 Å². The molecule has 0 aliphatic heterocycles. The Morgan fingerprint density at radius 3 is 1.33 bits per heavy atom. The Hall–Kier alpha value is -3.24. The molecule has 0 saturated heterocycles. The SMILES string of the molecule is CC(C)c1cccc(C(C)C)c1-n1ccn(-c2c(C(C)C)cccc2C(C)C)c1=[N-].CCCCN=C1CCCC=C1[N-]c1c(C(C)C)cccc1C(C)C.[CH3-].[CH3-].[Zr+3]. The number of rotatable bonds is 13. The smallest absolute Gasteiger partial charge is 0.656 e. The van der Waals surface area contributed by atoms with Crippen LogP contribution in [0.1, 0.15) is 191 Å². The molecule has 0 amide bonds. The van der Waals surface area contributed by atoms with Crippen LogP contribution in [0.15, 0.2) is 83.8 Å². The van der Waals surface area contributed by atoms with Gasteiger partial charge in [0.15, 0.2) is 0 Å². The van der Waals surface area contributed by atoms with Crippen molar-refractivity contribution < 1.29 is 26.2 Å². The van der Waals surface area contributed by atoms with Gasteiger partial charge in [0, 0.05) is 17.9 Å². The number of hydrogen-bond acceptors (Lipinski definition) is 1. The van der Waals surface area contributed by atoms with E-state index in [2.05, 4.69) is 151 Å². The molecule has 0 bridgehead atoms. The minimum Gasteiger partial charge on any atom is -0.656 e. The third kappa shape index (κ3) is 12.6. The number of unbranched alkanes of at least 4 members (excludes halogenated alkanes) is 1. The molecule has 6 heteroatoms. The fourth-order valence-electron chi connectivity index (χ4n) is 7.47. The first-order valence-corrected chi connectivity index (χ1v) is 20.9. The van der Waals surface area contributed by atoms with E-state index in [1.165, 1.54) is 57.6 Å². The van der Waals surface area contributed by atoms with Crippen molar-refractivity contribution in [2.24, 2.45) is 4.99 Å². The van der Waals surface area contributed by atoms with E-state index in [4.69, 9.17) is 10.3 Å². The first-order valence-electron chi connectivity index (χ1n) is 20.9. The molecule has 1 aromatic heterocycles. The molecule has 0 spiro atoms. The number of imidazole rings is 1. The Labute approximate surface area is 368 Å². The molecule has 1 aliphatic rings. The minimum absolute atomic E-state index is 0. The van der Waals surface area contributed by atoms with Gasteiger partial charge >= 0.3 is 26.2 Å². The van der Waals surface area contributed by atoms with Crippen molar-refractivity contribution in [1.82, 2.24) is 9.13 Å². The summed E-state index contributed by atoms with van der Waals surface area (Å²) in [5.41, 5.74) is 13.7. The fourth-order valence-corrected chi connectivity index (χ4v) is 7.47. The molecule has 0 atom stereocenters. The van der Waals surface area contributed by atoms with Crippen LogP contribution in [0.5, 0.6) is 0 Å². The van der Waals surface area contributed by atoms with Crippen LogP contribution in [-0.4, -0.2) is 21.4 Å². The molecule has 0 saturated carbocycles. The molecule has 309 valence electrons. The number of allylic oxidation sites excluding steroid dienone is 2. The minimum atomic E-state index is 0. The summed E-state index contributed by atoms with van der Waals surface area (Å²) in [5, 5.41) is 16.6. The van der Waals surface area contributed by atoms with Crippen molar-refractivity contribution in [3.63, 3.8) is 0 Å². The van der Waals surface area contributed by atoms with Gasteiger partial charge in [0.05, 0.1) is 0 Å². The van der Waals surface area contributed by atoms with Crippen molar-refractivity contribution in [1.29, 1.82) is 0 Å². The Morgan fingerprint density at radius 1 is 0.614 bits per heavy atom. The van der Waals surface area contributed by atoms with Crippen LogP contribution in [0.25, 0.3) is 22.1 Å². The number of benzene rings is 3. The van der Waals surface area contributed by atoms with Crippen LogP contribution in [0, 0.1) is 14.9 Å². The summed E-state index contributed by atoms with van der Waals surface area (Å²) in [5.74, 6) is 2.41. The van der Waals surface area contributed by atoms with Crippen molar-refractivity contribution in [3.05, 3.63) is 143 Å². The number of aromatic nitrogens is 2. The van der Waals surface area contributed by atoms with Crippen LogP contribution in [0.3, 0.4) is 0 Å². The Morgan fingerprint density at radius 2 is 0.982 bits per heavy atom. The van der Waals surface area contributed by atoms with Gasteiger partial charge in [-0.15, -0.1) is 11.4 Å². The Kier molecular flexibility index (Phi) is 21.8. The molecule has 4 aromatic rings. The van der Waals surface area contributed by atoms with Gasteiger partial charge in [-0.25, -0.2) is 0 Å². The molecule has 5 rings (SSSR count). The monoisotopic (exact) mass is 848 g/mol. The van der Waals surface area contributed by atoms with E-state index in [1.807, 2.05) is 21.5 Å². The average molecular weight is 849 g/mol. The molecule has 3 aromatic carbocycles. The van der Waals surface area contributed by atoms with Crippen LogP contribution < -0.4 is 5.62 Å². The third-order valence-electron chi connectivity index (χ3n) is 10.6. The zero-order valence-corrected chi connectivity index (χ0v) is 40.8. The van der Waals surface area contributed by atoms with E-state index >= 15 is 0 Å². The predicted octanol–water partition coefficient (Wildman–Crippen LogP) is 15.4. The van der Waals surface area contributed by atoms with Crippen LogP contribution in [0.2, 0.25) is 0 Å². The van der Waals surface area contributed by atoms with Crippen LogP contribution in [-0.2, 0) is 26.2 Å². The average Bonchev–Trinajstić information content (AvgIpc) is 3.51. The number of nitrogens with zero attached hydrogens (tertiary/aromatic N) is 5. The molecule has 1 heterocycles. The number of para-hydroxylation sites is 3. The molecule has 0 N–H and O–H groups in total. The quantitative estimate of drug-likeness (QED) is 0.0951. The molecule has 57 heavy (non-hydrogen) atoms. The number of aliphatic imine (C=N–C) groups is 1. The van der Waals surface area contributed by atoms with Gasteiger partial charge in [-0.1, -0.05) is 168 Å². The van der Waals surface area contributed by atoms with E-state index in [0.29, 0.717) is 35.5 Å².